The predicted octanol–water partition coefficient (Wildman–Crippen LogP) is 1.82. The minimum atomic E-state index is -1.01. The summed E-state index contributed by atoms with van der Waals surface area (Å²) in [5.41, 5.74) is -0.172. The minimum Gasteiger partial charge on any atom is -0.481 e. The van der Waals surface area contributed by atoms with Gasteiger partial charge in [0.05, 0.1) is 5.41 Å². The van der Waals surface area contributed by atoms with Crippen molar-refractivity contribution in [1.82, 2.24) is 5.32 Å². The zero-order chi connectivity index (χ0) is 12.9. The summed E-state index contributed by atoms with van der Waals surface area (Å²) in [6.07, 6.45) is -0.00667. The van der Waals surface area contributed by atoms with Crippen LogP contribution in [-0.4, -0.2) is 23.5 Å². The van der Waals surface area contributed by atoms with Crippen LogP contribution >= 0.6 is 0 Å². The number of carboxylic acid groups (broad SMARTS) is 1. The minimum absolute atomic E-state index is 0.00667. The Hall–Kier alpha value is -1.32. The van der Waals surface area contributed by atoms with Gasteiger partial charge in [-0.3, -0.25) is 9.59 Å². The van der Waals surface area contributed by atoms with Crippen LogP contribution in [0.5, 0.6) is 0 Å². The highest BCUT2D eigenvalue weighted by Gasteiger charge is 2.38. The third kappa shape index (κ3) is 4.04. The molecule has 0 rings (SSSR count). The first-order valence-electron chi connectivity index (χ1n) is 5.34. The normalized spacial score (nSPS) is 14.3. The van der Waals surface area contributed by atoms with E-state index in [4.69, 9.17) is 5.11 Å². The molecule has 1 amide bonds. The molecular formula is C12H21NO3. The summed E-state index contributed by atoms with van der Waals surface area (Å²) in [6, 6.07) is 0. The molecule has 0 heterocycles. The lowest BCUT2D eigenvalue weighted by Gasteiger charge is -2.28. The molecule has 4 nitrogen and oxygen atoms in total. The second kappa shape index (κ2) is 5.68. The van der Waals surface area contributed by atoms with E-state index in [2.05, 4.69) is 11.9 Å². The van der Waals surface area contributed by atoms with Gasteiger partial charge in [0.2, 0.25) is 5.91 Å². The quantitative estimate of drug-likeness (QED) is 0.680. The van der Waals surface area contributed by atoms with E-state index in [0.717, 1.165) is 5.57 Å². The largest absolute Gasteiger partial charge is 0.481 e. The van der Waals surface area contributed by atoms with Gasteiger partial charge in [0.25, 0.3) is 0 Å². The van der Waals surface area contributed by atoms with Crippen molar-refractivity contribution in [1.29, 1.82) is 0 Å². The molecule has 0 fully saturated rings. The fraction of sp³-hybridized carbons (Fsp3) is 0.667. The van der Waals surface area contributed by atoms with Crippen LogP contribution in [0.3, 0.4) is 0 Å². The Morgan fingerprint density at radius 3 is 2.25 bits per heavy atom. The number of hydrogen-bond acceptors (Lipinski definition) is 2. The maximum absolute atomic E-state index is 11.6. The van der Waals surface area contributed by atoms with Crippen LogP contribution in [0.15, 0.2) is 12.2 Å². The summed E-state index contributed by atoms with van der Waals surface area (Å²) in [7, 11) is 0. The summed E-state index contributed by atoms with van der Waals surface area (Å²) in [6.45, 7) is 11.1. The van der Waals surface area contributed by atoms with Crippen molar-refractivity contribution in [3.05, 3.63) is 12.2 Å². The van der Waals surface area contributed by atoms with Gasteiger partial charge in [0.1, 0.15) is 0 Å². The van der Waals surface area contributed by atoms with E-state index < -0.39 is 11.4 Å². The Morgan fingerprint density at radius 1 is 1.44 bits per heavy atom. The lowest BCUT2D eigenvalue weighted by molar-refractivity contribution is -0.153. The third-order valence-corrected chi connectivity index (χ3v) is 2.88. The Labute approximate surface area is 96.7 Å². The molecular weight excluding hydrogens is 206 g/mol. The van der Waals surface area contributed by atoms with Gasteiger partial charge in [-0.25, -0.2) is 0 Å². The summed E-state index contributed by atoms with van der Waals surface area (Å²) in [5, 5.41) is 11.8. The highest BCUT2D eigenvalue weighted by molar-refractivity contribution is 5.84. The zero-order valence-corrected chi connectivity index (χ0v) is 10.5. The number of hydrogen-bond donors (Lipinski definition) is 2. The second-order valence-corrected chi connectivity index (χ2v) is 4.79. The van der Waals surface area contributed by atoms with Gasteiger partial charge in [-0.05, 0) is 19.8 Å². The van der Waals surface area contributed by atoms with Crippen LogP contribution in [0.2, 0.25) is 0 Å². The van der Waals surface area contributed by atoms with Gasteiger partial charge >= 0.3 is 5.97 Å². The molecule has 0 bridgehead atoms. The van der Waals surface area contributed by atoms with E-state index in [9.17, 15) is 9.59 Å². The number of rotatable bonds is 6. The van der Waals surface area contributed by atoms with Crippen molar-refractivity contribution in [3.8, 4) is 0 Å². The topological polar surface area (TPSA) is 66.4 Å². The van der Waals surface area contributed by atoms with Crippen molar-refractivity contribution in [2.45, 2.75) is 34.1 Å². The van der Waals surface area contributed by atoms with E-state index in [0.29, 0.717) is 6.54 Å². The highest BCUT2D eigenvalue weighted by Crippen LogP contribution is 2.31. The molecule has 16 heavy (non-hydrogen) atoms. The van der Waals surface area contributed by atoms with Gasteiger partial charge in [0, 0.05) is 13.0 Å². The SMILES string of the molecule is C=C(C)CNC(=O)CC(C)(C(=O)O)C(C)C. The molecule has 0 radical (unpaired) electrons. The number of nitrogens with one attached hydrogen (secondary N) is 1. The third-order valence-electron chi connectivity index (χ3n) is 2.88. The molecule has 0 aliphatic carbocycles. The molecule has 2 N–H and O–H groups in total. The van der Waals surface area contributed by atoms with Gasteiger partial charge < -0.3 is 10.4 Å². The van der Waals surface area contributed by atoms with Crippen molar-refractivity contribution in [3.63, 3.8) is 0 Å². The van der Waals surface area contributed by atoms with Crippen molar-refractivity contribution in [2.24, 2.45) is 11.3 Å². The van der Waals surface area contributed by atoms with E-state index in [1.54, 1.807) is 27.7 Å². The monoisotopic (exact) mass is 227 g/mol. The number of aliphatic carboxylic acids is 1. The first kappa shape index (κ1) is 14.7. The standard InChI is InChI=1S/C12H21NO3/c1-8(2)7-13-10(14)6-12(5,9(3)4)11(15)16/h9H,1,6-7H2,2-5H3,(H,13,14)(H,15,16). The lowest BCUT2D eigenvalue weighted by atomic mass is 9.76. The van der Waals surface area contributed by atoms with Crippen LogP contribution in [-0.2, 0) is 9.59 Å². The van der Waals surface area contributed by atoms with Gasteiger partial charge in [-0.15, -0.1) is 0 Å². The van der Waals surface area contributed by atoms with Gasteiger partial charge in [-0.1, -0.05) is 26.0 Å². The number of carbonyl (C=O) groups excluding carboxylic acids is 1. The van der Waals surface area contributed by atoms with Gasteiger partial charge in [-0.2, -0.15) is 0 Å². The molecule has 1 unspecified atom stereocenters. The maximum Gasteiger partial charge on any atom is 0.310 e. The van der Waals surface area contributed by atoms with Crippen LogP contribution in [0.1, 0.15) is 34.1 Å². The first-order chi connectivity index (χ1) is 7.20. The molecule has 0 aliphatic heterocycles. The van der Waals surface area contributed by atoms with Crippen molar-refractivity contribution < 1.29 is 14.7 Å². The van der Waals surface area contributed by atoms with E-state index in [1.165, 1.54) is 0 Å². The van der Waals surface area contributed by atoms with Crippen LogP contribution in [0.4, 0.5) is 0 Å². The Kier molecular flexibility index (Phi) is 5.21. The van der Waals surface area contributed by atoms with Crippen LogP contribution in [0, 0.1) is 11.3 Å². The fourth-order valence-electron chi connectivity index (χ4n) is 1.17. The summed E-state index contributed by atoms with van der Waals surface area (Å²) in [5.74, 6) is -1.28. The van der Waals surface area contributed by atoms with Crippen LogP contribution in [0.25, 0.3) is 0 Å². The Balaban J connectivity index is 4.48. The number of carbonyl (C=O) groups is 2. The van der Waals surface area contributed by atoms with Crippen molar-refractivity contribution in [2.75, 3.05) is 6.54 Å². The number of carboxylic acids is 1. The highest BCUT2D eigenvalue weighted by atomic mass is 16.4. The summed E-state index contributed by atoms with van der Waals surface area (Å²) in [4.78, 5) is 22.7. The molecule has 92 valence electrons. The molecule has 0 aliphatic rings. The number of amides is 1. The molecule has 0 spiro atoms. The van der Waals surface area contributed by atoms with Crippen LogP contribution < -0.4 is 5.32 Å². The summed E-state index contributed by atoms with van der Waals surface area (Å²) < 4.78 is 0. The van der Waals surface area contributed by atoms with E-state index >= 15 is 0 Å². The molecule has 4 heteroatoms. The Morgan fingerprint density at radius 2 is 1.94 bits per heavy atom. The molecule has 0 saturated heterocycles. The molecule has 0 aromatic heterocycles. The second-order valence-electron chi connectivity index (χ2n) is 4.79. The molecule has 0 aromatic carbocycles. The fourth-order valence-corrected chi connectivity index (χ4v) is 1.17. The predicted molar refractivity (Wildman–Crippen MR) is 63.0 cm³/mol. The lowest BCUT2D eigenvalue weighted by Crippen LogP contribution is -2.39. The molecule has 0 aromatic rings. The van der Waals surface area contributed by atoms with E-state index in [1.807, 2.05) is 0 Å². The van der Waals surface area contributed by atoms with Gasteiger partial charge in [0.15, 0.2) is 0 Å². The Bertz CT molecular complexity index is 297. The van der Waals surface area contributed by atoms with E-state index in [-0.39, 0.29) is 18.2 Å². The van der Waals surface area contributed by atoms with Crippen molar-refractivity contribution >= 4 is 11.9 Å². The first-order valence-corrected chi connectivity index (χ1v) is 5.34. The molecule has 0 saturated carbocycles. The maximum atomic E-state index is 11.6. The summed E-state index contributed by atoms with van der Waals surface area (Å²) >= 11 is 0. The molecule has 1 atom stereocenters. The average Bonchev–Trinajstić information content (AvgIpc) is 2.13. The smallest absolute Gasteiger partial charge is 0.310 e. The zero-order valence-electron chi connectivity index (χ0n) is 10.5. The average molecular weight is 227 g/mol.